The van der Waals surface area contributed by atoms with Crippen LogP contribution in [0.4, 0.5) is 16.3 Å². The third-order valence-electron chi connectivity index (χ3n) is 7.29. The van der Waals surface area contributed by atoms with Crippen LogP contribution < -0.4 is 15.8 Å². The van der Waals surface area contributed by atoms with Crippen LogP contribution in [0, 0.1) is 27.9 Å². The lowest BCUT2D eigenvalue weighted by molar-refractivity contribution is -0.384. The monoisotopic (exact) mass is 594 g/mol. The molecule has 2 fully saturated rings. The van der Waals surface area contributed by atoms with Crippen LogP contribution in [0.1, 0.15) is 38.2 Å². The number of nitro benzene ring substituents is 1. The quantitative estimate of drug-likeness (QED) is 0.176. The van der Waals surface area contributed by atoms with Gasteiger partial charge in [0, 0.05) is 38.2 Å². The second-order valence-electron chi connectivity index (χ2n) is 10.1. The Kier molecular flexibility index (Phi) is 8.66. The molecule has 5 N–H and O–H groups in total. The summed E-state index contributed by atoms with van der Waals surface area (Å²) in [5.41, 5.74) is 6.48. The number of amides is 2. The highest BCUT2D eigenvalue weighted by atomic mass is 16.6. The van der Waals surface area contributed by atoms with Gasteiger partial charge in [0.25, 0.3) is 11.6 Å². The van der Waals surface area contributed by atoms with Gasteiger partial charge >= 0.3 is 6.09 Å². The van der Waals surface area contributed by atoms with Crippen LogP contribution in [0.2, 0.25) is 0 Å². The molecule has 2 aliphatic rings. The first-order valence-electron chi connectivity index (χ1n) is 13.7. The summed E-state index contributed by atoms with van der Waals surface area (Å²) in [5.74, 6) is 6.08. The van der Waals surface area contributed by atoms with Gasteiger partial charge in [-0.25, -0.2) is 19.7 Å². The van der Waals surface area contributed by atoms with Crippen LogP contribution in [-0.2, 0) is 9.53 Å². The number of carbonyl (C=O) groups excluding carboxylic acids is 2. The number of aliphatic hydroxyl groups excluding tert-OH is 2. The van der Waals surface area contributed by atoms with E-state index in [-0.39, 0.29) is 40.2 Å². The molecule has 16 heteroatoms. The summed E-state index contributed by atoms with van der Waals surface area (Å²) in [4.78, 5) is 49.4. The maximum atomic E-state index is 12.5. The van der Waals surface area contributed by atoms with Crippen molar-refractivity contribution in [3.8, 4) is 17.6 Å². The molecule has 0 spiro atoms. The van der Waals surface area contributed by atoms with Crippen LogP contribution in [0.15, 0.2) is 30.6 Å². The summed E-state index contributed by atoms with van der Waals surface area (Å²) in [6.07, 6.45) is -2.55. The molecular weight excluding hydrogens is 564 g/mol. The zero-order valence-corrected chi connectivity index (χ0v) is 23.1. The lowest BCUT2D eigenvalue weighted by atomic mass is 9.94. The number of non-ortho nitro benzene ring substituents is 1. The summed E-state index contributed by atoms with van der Waals surface area (Å²) in [6, 6.07) is 5.31. The Balaban J connectivity index is 1.19. The molecule has 3 aromatic rings. The Labute approximate surface area is 245 Å². The Morgan fingerprint density at radius 3 is 2.60 bits per heavy atom. The van der Waals surface area contributed by atoms with Crippen LogP contribution in [0.5, 0.6) is 5.75 Å². The molecule has 43 heavy (non-hydrogen) atoms. The number of piperidine rings is 1. The van der Waals surface area contributed by atoms with Crippen LogP contribution in [0.25, 0.3) is 11.2 Å². The van der Waals surface area contributed by atoms with E-state index in [0.717, 1.165) is 0 Å². The highest BCUT2D eigenvalue weighted by molar-refractivity contribution is 5.83. The van der Waals surface area contributed by atoms with E-state index in [9.17, 15) is 29.9 Å². The molecule has 2 aromatic heterocycles. The Morgan fingerprint density at radius 1 is 1.21 bits per heavy atom. The third kappa shape index (κ3) is 6.33. The molecule has 1 aromatic carbocycles. The Morgan fingerprint density at radius 2 is 1.93 bits per heavy atom. The smallest absolute Gasteiger partial charge is 0.410 e. The maximum absolute atomic E-state index is 12.5. The van der Waals surface area contributed by atoms with Gasteiger partial charge in [0.2, 0.25) is 5.82 Å². The molecule has 1 unspecified atom stereocenters. The minimum Gasteiger partial charge on any atom is -0.410 e. The molecule has 4 heterocycles. The molecule has 0 radical (unpaired) electrons. The number of ether oxygens (including phenoxy) is 2. The first-order chi connectivity index (χ1) is 20.7. The molecule has 5 rings (SSSR count). The van der Waals surface area contributed by atoms with E-state index >= 15 is 0 Å². The van der Waals surface area contributed by atoms with Crippen molar-refractivity contribution in [2.45, 2.75) is 50.7 Å². The van der Waals surface area contributed by atoms with Crippen LogP contribution >= 0.6 is 0 Å². The van der Waals surface area contributed by atoms with Crippen LogP contribution in [0.3, 0.4) is 0 Å². The average molecular weight is 595 g/mol. The van der Waals surface area contributed by atoms with Crippen molar-refractivity contribution in [2.75, 3.05) is 25.4 Å². The van der Waals surface area contributed by atoms with Gasteiger partial charge in [0.05, 0.1) is 11.3 Å². The topological polar surface area (TPSA) is 221 Å². The number of likely N-dealkylation sites (tertiary alicyclic amines) is 1. The van der Waals surface area contributed by atoms with Crippen molar-refractivity contribution in [2.24, 2.45) is 5.92 Å². The van der Waals surface area contributed by atoms with Gasteiger partial charge in [-0.1, -0.05) is 5.92 Å². The zero-order valence-electron chi connectivity index (χ0n) is 23.1. The number of nitrogens with zero attached hydrogens (tertiary/aromatic N) is 6. The standard InChI is InChI=1S/C27H30N8O8/c1-2-29-25(38)22-20(36)21(37)26(43-22)34-14-30-19-23(28)31-18(32-24(19)34)5-3-4-15-10-12-33(13-11-15)27(39)42-17-8-6-16(7-9-17)35(40)41/h6-9,14-15,20-22,26,36-37H,2,4,10-13H2,1H3,(H,29,38)(H2,28,31,32)/t20?,21-,22-,26+/m0/s1. The molecule has 0 bridgehead atoms. The van der Waals surface area contributed by atoms with Gasteiger partial charge in [0.15, 0.2) is 23.8 Å². The number of anilines is 1. The van der Waals surface area contributed by atoms with E-state index in [0.29, 0.717) is 38.9 Å². The second kappa shape index (κ2) is 12.6. The molecule has 16 nitrogen and oxygen atoms in total. The summed E-state index contributed by atoms with van der Waals surface area (Å²) in [6.45, 7) is 3.01. The molecule has 226 valence electrons. The highest BCUT2D eigenvalue weighted by Crippen LogP contribution is 2.32. The van der Waals surface area contributed by atoms with E-state index < -0.39 is 41.5 Å². The fourth-order valence-corrected chi connectivity index (χ4v) is 4.96. The molecule has 0 aliphatic carbocycles. The number of benzene rings is 1. The Bertz CT molecular complexity index is 1580. The number of aromatic nitrogens is 4. The average Bonchev–Trinajstić information content (AvgIpc) is 3.54. The number of imidazole rings is 1. The molecule has 2 aliphatic heterocycles. The normalized spacial score (nSPS) is 22.2. The van der Waals surface area contributed by atoms with Gasteiger partial charge < -0.3 is 35.6 Å². The maximum Gasteiger partial charge on any atom is 0.415 e. The number of nitrogen functional groups attached to an aromatic ring is 1. The first-order valence-corrected chi connectivity index (χ1v) is 13.7. The largest absolute Gasteiger partial charge is 0.415 e. The van der Waals surface area contributed by atoms with Crippen molar-refractivity contribution in [3.63, 3.8) is 0 Å². The SMILES string of the molecule is CCNC(=O)[C@H]1O[C@@H](n2cnc3c(N)nc(C#CCC4CCN(C(=O)Oc5ccc([N+](=O)[O-])cc5)CC4)nc32)[C@@H](O)C1O. The fraction of sp³-hybridized carbons (Fsp3) is 0.444. The van der Waals surface area contributed by atoms with E-state index in [4.69, 9.17) is 15.2 Å². The second-order valence-corrected chi connectivity index (χ2v) is 10.1. The number of hydrogen-bond donors (Lipinski definition) is 4. The number of nitrogens with one attached hydrogen (secondary N) is 1. The van der Waals surface area contributed by atoms with Crippen LogP contribution in [-0.4, -0.2) is 89.5 Å². The number of rotatable bonds is 6. The van der Waals surface area contributed by atoms with Gasteiger partial charge in [-0.3, -0.25) is 19.5 Å². The zero-order chi connectivity index (χ0) is 30.7. The van der Waals surface area contributed by atoms with Gasteiger partial charge in [-0.05, 0) is 43.7 Å². The fourth-order valence-electron chi connectivity index (χ4n) is 4.96. The number of nitrogens with two attached hydrogens (primary N) is 1. The molecular formula is C27H30N8O8. The van der Waals surface area contributed by atoms with Crippen molar-refractivity contribution in [1.29, 1.82) is 0 Å². The molecule has 2 amide bonds. The lowest BCUT2D eigenvalue weighted by Crippen LogP contribution is -2.42. The summed E-state index contributed by atoms with van der Waals surface area (Å²) < 4.78 is 12.4. The molecule has 0 saturated carbocycles. The van der Waals surface area contributed by atoms with E-state index in [1.165, 1.54) is 35.2 Å². The minimum absolute atomic E-state index is 0.0706. The third-order valence-corrected chi connectivity index (χ3v) is 7.29. The van der Waals surface area contributed by atoms with Gasteiger partial charge in [-0.2, -0.15) is 0 Å². The number of carbonyl (C=O) groups is 2. The molecule has 2 saturated heterocycles. The number of nitro groups is 1. The van der Waals surface area contributed by atoms with Crippen molar-refractivity contribution < 1.29 is 34.2 Å². The Hall–Kier alpha value is -4.85. The van der Waals surface area contributed by atoms with Crippen molar-refractivity contribution >= 4 is 34.7 Å². The minimum atomic E-state index is -1.46. The number of likely N-dealkylation sites (N-methyl/N-ethyl adjacent to an activating group) is 1. The van der Waals surface area contributed by atoms with E-state index in [2.05, 4.69) is 32.1 Å². The van der Waals surface area contributed by atoms with Gasteiger partial charge in [-0.15, -0.1) is 0 Å². The summed E-state index contributed by atoms with van der Waals surface area (Å²) >= 11 is 0. The molecule has 4 atom stereocenters. The summed E-state index contributed by atoms with van der Waals surface area (Å²) in [7, 11) is 0. The number of aliphatic hydroxyl groups is 2. The lowest BCUT2D eigenvalue weighted by Gasteiger charge is -2.30. The van der Waals surface area contributed by atoms with Gasteiger partial charge in [0.1, 0.15) is 23.5 Å². The van der Waals surface area contributed by atoms with Crippen molar-refractivity contribution in [1.82, 2.24) is 29.7 Å². The van der Waals surface area contributed by atoms with E-state index in [1.807, 2.05) is 0 Å². The predicted molar refractivity (Wildman–Crippen MR) is 149 cm³/mol. The number of fused-ring (bicyclic) bond motifs is 1. The summed E-state index contributed by atoms with van der Waals surface area (Å²) in [5, 5.41) is 34.3. The van der Waals surface area contributed by atoms with E-state index in [1.54, 1.807) is 11.8 Å². The predicted octanol–water partition coefficient (Wildman–Crippen LogP) is 0.725. The first kappa shape index (κ1) is 29.6. The number of hydrogen-bond acceptors (Lipinski definition) is 12. The van der Waals surface area contributed by atoms with Crippen molar-refractivity contribution in [3.05, 3.63) is 46.5 Å². The highest BCUT2D eigenvalue weighted by Gasteiger charge is 2.47.